The fourth-order valence-electron chi connectivity index (χ4n) is 2.58. The van der Waals surface area contributed by atoms with Crippen LogP contribution in [0.2, 0.25) is 0 Å². The highest BCUT2D eigenvalue weighted by Gasteiger charge is 2.35. The number of hydrazine groups is 1. The van der Waals surface area contributed by atoms with Crippen molar-refractivity contribution in [3.8, 4) is 0 Å². The quantitative estimate of drug-likeness (QED) is 0.767. The second kappa shape index (κ2) is 7.79. The first-order valence-electron chi connectivity index (χ1n) is 7.93. The molecule has 1 aliphatic rings. The largest absolute Gasteiger partial charge is 0.312 e. The zero-order chi connectivity index (χ0) is 17.9. The molecule has 24 heavy (non-hydrogen) atoms. The predicted molar refractivity (Wildman–Crippen MR) is 95.1 cm³/mol. The minimum Gasteiger partial charge on any atom is -0.312 e. The van der Waals surface area contributed by atoms with Gasteiger partial charge in [0.15, 0.2) is 0 Å². The summed E-state index contributed by atoms with van der Waals surface area (Å²) < 4.78 is 0.972. The van der Waals surface area contributed by atoms with Gasteiger partial charge in [-0.3, -0.25) is 25.2 Å². The number of rotatable bonds is 4. The van der Waals surface area contributed by atoms with Crippen molar-refractivity contribution < 1.29 is 14.4 Å². The number of nitrogens with zero attached hydrogens (tertiary/aromatic N) is 1. The van der Waals surface area contributed by atoms with Crippen molar-refractivity contribution in [1.82, 2.24) is 10.9 Å². The van der Waals surface area contributed by atoms with Crippen LogP contribution in [0.4, 0.5) is 5.69 Å². The standard InChI is InChI=1S/C17H22BrN3O3/c1-10(2)6-15(22)19-20-17(24)12-8-16(23)21(9-12)13-4-5-14(18)11(3)7-13/h4-5,7,10,12H,6,8-9H2,1-3H3,(H,19,22)(H,20,24)/t12-/m0/s1. The third kappa shape index (κ3) is 4.56. The number of nitrogens with one attached hydrogen (secondary N) is 2. The summed E-state index contributed by atoms with van der Waals surface area (Å²) in [6, 6.07) is 5.64. The van der Waals surface area contributed by atoms with Crippen molar-refractivity contribution in [3.05, 3.63) is 28.2 Å². The van der Waals surface area contributed by atoms with Gasteiger partial charge in [-0.1, -0.05) is 29.8 Å². The predicted octanol–water partition coefficient (Wildman–Crippen LogP) is 2.30. The molecule has 0 aliphatic carbocycles. The fourth-order valence-corrected chi connectivity index (χ4v) is 2.83. The number of anilines is 1. The summed E-state index contributed by atoms with van der Waals surface area (Å²) in [4.78, 5) is 37.6. The second-order valence-corrected chi connectivity index (χ2v) is 7.33. The number of benzene rings is 1. The lowest BCUT2D eigenvalue weighted by Gasteiger charge is -2.18. The Hall–Kier alpha value is -1.89. The summed E-state index contributed by atoms with van der Waals surface area (Å²) in [7, 11) is 0. The van der Waals surface area contributed by atoms with E-state index in [-0.39, 0.29) is 30.1 Å². The normalized spacial score (nSPS) is 17.3. The Morgan fingerprint density at radius 2 is 2.04 bits per heavy atom. The number of hydrogen-bond donors (Lipinski definition) is 2. The summed E-state index contributed by atoms with van der Waals surface area (Å²) in [5.74, 6) is -0.919. The molecule has 3 amide bonds. The molecular weight excluding hydrogens is 374 g/mol. The first-order chi connectivity index (χ1) is 11.3. The van der Waals surface area contributed by atoms with Crippen LogP contribution in [0.25, 0.3) is 0 Å². The van der Waals surface area contributed by atoms with Crippen molar-refractivity contribution in [1.29, 1.82) is 0 Å². The van der Waals surface area contributed by atoms with Crippen molar-refractivity contribution in [2.24, 2.45) is 11.8 Å². The zero-order valence-electron chi connectivity index (χ0n) is 14.1. The molecule has 0 spiro atoms. The molecule has 0 unspecified atom stereocenters. The lowest BCUT2D eigenvalue weighted by atomic mass is 10.1. The maximum Gasteiger partial charge on any atom is 0.243 e. The molecule has 1 atom stereocenters. The van der Waals surface area contributed by atoms with Gasteiger partial charge in [-0.15, -0.1) is 0 Å². The lowest BCUT2D eigenvalue weighted by molar-refractivity contribution is -0.131. The van der Waals surface area contributed by atoms with Crippen LogP contribution in [-0.4, -0.2) is 24.3 Å². The Kier molecular flexibility index (Phi) is 5.99. The van der Waals surface area contributed by atoms with Crippen LogP contribution in [-0.2, 0) is 14.4 Å². The molecule has 6 nitrogen and oxygen atoms in total. The minimum absolute atomic E-state index is 0.0922. The molecule has 130 valence electrons. The number of aryl methyl sites for hydroxylation is 1. The Bertz CT molecular complexity index is 660. The molecular formula is C17H22BrN3O3. The number of amides is 3. The molecule has 1 saturated heterocycles. The third-order valence-corrected chi connectivity index (χ3v) is 4.76. The van der Waals surface area contributed by atoms with Gasteiger partial charge >= 0.3 is 0 Å². The van der Waals surface area contributed by atoms with Crippen molar-refractivity contribution >= 4 is 39.3 Å². The van der Waals surface area contributed by atoms with Gasteiger partial charge in [-0.2, -0.15) is 0 Å². The summed E-state index contributed by atoms with van der Waals surface area (Å²) in [6.45, 7) is 6.11. The Morgan fingerprint density at radius 1 is 1.33 bits per heavy atom. The third-order valence-electron chi connectivity index (χ3n) is 3.87. The zero-order valence-corrected chi connectivity index (χ0v) is 15.6. The van der Waals surface area contributed by atoms with Gasteiger partial charge in [-0.25, -0.2) is 0 Å². The number of halogens is 1. The van der Waals surface area contributed by atoms with Gasteiger partial charge in [-0.05, 0) is 36.6 Å². The van der Waals surface area contributed by atoms with Gasteiger partial charge < -0.3 is 4.90 Å². The highest BCUT2D eigenvalue weighted by molar-refractivity contribution is 9.10. The molecule has 1 heterocycles. The molecule has 2 rings (SSSR count). The topological polar surface area (TPSA) is 78.5 Å². The van der Waals surface area contributed by atoms with E-state index < -0.39 is 5.92 Å². The highest BCUT2D eigenvalue weighted by Crippen LogP contribution is 2.28. The van der Waals surface area contributed by atoms with E-state index in [1.54, 1.807) is 4.90 Å². The van der Waals surface area contributed by atoms with E-state index in [4.69, 9.17) is 0 Å². The van der Waals surface area contributed by atoms with Crippen LogP contribution < -0.4 is 15.8 Å². The summed E-state index contributed by atoms with van der Waals surface area (Å²) in [5, 5.41) is 0. The van der Waals surface area contributed by atoms with E-state index in [0.29, 0.717) is 13.0 Å². The van der Waals surface area contributed by atoms with E-state index in [1.807, 2.05) is 39.0 Å². The van der Waals surface area contributed by atoms with Crippen molar-refractivity contribution in [3.63, 3.8) is 0 Å². The smallest absolute Gasteiger partial charge is 0.243 e. The number of carbonyl (C=O) groups is 3. The van der Waals surface area contributed by atoms with Gasteiger partial charge in [0, 0.05) is 29.5 Å². The van der Waals surface area contributed by atoms with Crippen molar-refractivity contribution in [2.45, 2.75) is 33.6 Å². The molecule has 1 fully saturated rings. The SMILES string of the molecule is Cc1cc(N2C[C@@H](C(=O)NNC(=O)CC(C)C)CC2=O)ccc1Br. The molecule has 0 radical (unpaired) electrons. The molecule has 1 aliphatic heterocycles. The summed E-state index contributed by atoms with van der Waals surface area (Å²) >= 11 is 3.43. The van der Waals surface area contributed by atoms with Gasteiger partial charge in [0.25, 0.3) is 0 Å². The number of carbonyl (C=O) groups excluding carboxylic acids is 3. The number of hydrogen-bond acceptors (Lipinski definition) is 3. The summed E-state index contributed by atoms with van der Waals surface area (Å²) in [5.41, 5.74) is 6.62. The molecule has 0 saturated carbocycles. The van der Waals surface area contributed by atoms with Crippen LogP contribution in [0.15, 0.2) is 22.7 Å². The van der Waals surface area contributed by atoms with Crippen LogP contribution in [0.1, 0.15) is 32.3 Å². The maximum atomic E-state index is 12.2. The minimum atomic E-state index is -0.471. The maximum absolute atomic E-state index is 12.2. The van der Waals surface area contributed by atoms with E-state index in [9.17, 15) is 14.4 Å². The van der Waals surface area contributed by atoms with E-state index in [2.05, 4.69) is 26.8 Å². The molecule has 1 aromatic rings. The molecule has 0 aromatic heterocycles. The Balaban J connectivity index is 1.95. The van der Waals surface area contributed by atoms with Crippen LogP contribution in [0, 0.1) is 18.8 Å². The second-order valence-electron chi connectivity index (χ2n) is 6.47. The van der Waals surface area contributed by atoms with E-state index in [0.717, 1.165) is 15.7 Å². The first kappa shape index (κ1) is 18.4. The van der Waals surface area contributed by atoms with E-state index in [1.165, 1.54) is 0 Å². The van der Waals surface area contributed by atoms with Gasteiger partial charge in [0.2, 0.25) is 17.7 Å². The Labute approximate surface area is 150 Å². The van der Waals surface area contributed by atoms with Crippen LogP contribution in [0.5, 0.6) is 0 Å². The fraction of sp³-hybridized carbons (Fsp3) is 0.471. The first-order valence-corrected chi connectivity index (χ1v) is 8.72. The van der Waals surface area contributed by atoms with Crippen LogP contribution in [0.3, 0.4) is 0 Å². The molecule has 1 aromatic carbocycles. The average Bonchev–Trinajstić information content (AvgIpc) is 2.89. The highest BCUT2D eigenvalue weighted by atomic mass is 79.9. The summed E-state index contributed by atoms with van der Waals surface area (Å²) in [6.07, 6.45) is 0.481. The van der Waals surface area contributed by atoms with Crippen LogP contribution >= 0.6 is 15.9 Å². The van der Waals surface area contributed by atoms with E-state index >= 15 is 0 Å². The molecule has 0 bridgehead atoms. The molecule has 7 heteroatoms. The van der Waals surface area contributed by atoms with Crippen molar-refractivity contribution in [2.75, 3.05) is 11.4 Å². The van der Waals surface area contributed by atoms with Gasteiger partial charge in [0.1, 0.15) is 0 Å². The average molecular weight is 396 g/mol. The van der Waals surface area contributed by atoms with Gasteiger partial charge in [0.05, 0.1) is 5.92 Å². The lowest BCUT2D eigenvalue weighted by Crippen LogP contribution is -2.45. The molecule has 2 N–H and O–H groups in total. The monoisotopic (exact) mass is 395 g/mol. The Morgan fingerprint density at radius 3 is 2.67 bits per heavy atom.